The molecule has 0 radical (unpaired) electrons. The standard InChI is InChI=1S/C18H11Cl/c19-14-7-10-16-13(11-14)6-9-17-15-4-2-1-3-12(15)5-8-18(16)17/h1-11H. The Hall–Kier alpha value is -2.05. The minimum absolute atomic E-state index is 0.785. The van der Waals surface area contributed by atoms with Crippen LogP contribution in [0.2, 0.25) is 5.02 Å². The average molecular weight is 263 g/mol. The molecule has 0 saturated heterocycles. The van der Waals surface area contributed by atoms with Crippen LogP contribution in [0.1, 0.15) is 0 Å². The molecule has 0 heterocycles. The third-order valence-corrected chi connectivity index (χ3v) is 3.94. The number of rotatable bonds is 0. The fraction of sp³-hybridized carbons (Fsp3) is 0. The largest absolute Gasteiger partial charge is 0.0843 e. The van der Waals surface area contributed by atoms with Crippen LogP contribution >= 0.6 is 11.6 Å². The van der Waals surface area contributed by atoms with Gasteiger partial charge in [0.25, 0.3) is 0 Å². The molecule has 19 heavy (non-hydrogen) atoms. The van der Waals surface area contributed by atoms with Crippen LogP contribution in [-0.4, -0.2) is 0 Å². The molecular formula is C18H11Cl. The van der Waals surface area contributed by atoms with Gasteiger partial charge >= 0.3 is 0 Å². The molecule has 0 aromatic heterocycles. The minimum atomic E-state index is 0.785. The van der Waals surface area contributed by atoms with E-state index in [1.165, 1.54) is 32.3 Å². The first-order chi connectivity index (χ1) is 9.33. The molecule has 4 rings (SSSR count). The van der Waals surface area contributed by atoms with Gasteiger partial charge in [-0.25, -0.2) is 0 Å². The molecule has 0 N–H and O–H groups in total. The Balaban J connectivity index is 2.26. The summed E-state index contributed by atoms with van der Waals surface area (Å²) in [5, 5.41) is 8.40. The van der Waals surface area contributed by atoms with E-state index in [0.717, 1.165) is 5.02 Å². The van der Waals surface area contributed by atoms with E-state index < -0.39 is 0 Å². The van der Waals surface area contributed by atoms with Crippen molar-refractivity contribution in [1.82, 2.24) is 0 Å². The van der Waals surface area contributed by atoms with Crippen molar-refractivity contribution in [3.05, 3.63) is 71.8 Å². The van der Waals surface area contributed by atoms with E-state index in [9.17, 15) is 0 Å². The van der Waals surface area contributed by atoms with E-state index >= 15 is 0 Å². The Morgan fingerprint density at radius 2 is 1.16 bits per heavy atom. The third-order valence-electron chi connectivity index (χ3n) is 3.70. The van der Waals surface area contributed by atoms with Crippen molar-refractivity contribution in [3.8, 4) is 0 Å². The van der Waals surface area contributed by atoms with E-state index in [0.29, 0.717) is 0 Å². The molecule has 0 aliphatic rings. The smallest absolute Gasteiger partial charge is 0.0412 e. The van der Waals surface area contributed by atoms with Gasteiger partial charge in [-0.1, -0.05) is 66.2 Å². The molecule has 90 valence electrons. The zero-order valence-corrected chi connectivity index (χ0v) is 11.0. The fourth-order valence-electron chi connectivity index (χ4n) is 2.80. The highest BCUT2D eigenvalue weighted by Crippen LogP contribution is 2.32. The summed E-state index contributed by atoms with van der Waals surface area (Å²) in [6, 6.07) is 23.3. The van der Waals surface area contributed by atoms with Crippen LogP contribution in [0.15, 0.2) is 66.7 Å². The monoisotopic (exact) mass is 262 g/mol. The molecule has 4 aromatic carbocycles. The highest BCUT2D eigenvalue weighted by molar-refractivity contribution is 6.31. The third kappa shape index (κ3) is 1.61. The summed E-state index contributed by atoms with van der Waals surface area (Å²) in [6.07, 6.45) is 0. The molecule has 1 heteroatoms. The summed E-state index contributed by atoms with van der Waals surface area (Å²) in [4.78, 5) is 0. The first-order valence-corrected chi connectivity index (χ1v) is 6.70. The summed E-state index contributed by atoms with van der Waals surface area (Å²) < 4.78 is 0. The summed E-state index contributed by atoms with van der Waals surface area (Å²) in [5.74, 6) is 0. The van der Waals surface area contributed by atoms with Crippen molar-refractivity contribution in [2.75, 3.05) is 0 Å². The van der Waals surface area contributed by atoms with Crippen LogP contribution in [0.4, 0.5) is 0 Å². The quantitative estimate of drug-likeness (QED) is 0.351. The Kier molecular flexibility index (Phi) is 2.27. The number of fused-ring (bicyclic) bond motifs is 5. The number of hydrogen-bond donors (Lipinski definition) is 0. The summed E-state index contributed by atoms with van der Waals surface area (Å²) in [7, 11) is 0. The second kappa shape index (κ2) is 3.97. The number of benzene rings is 4. The fourth-order valence-corrected chi connectivity index (χ4v) is 2.98. The lowest BCUT2D eigenvalue weighted by atomic mass is 9.97. The van der Waals surface area contributed by atoms with Gasteiger partial charge in [-0.3, -0.25) is 0 Å². The highest BCUT2D eigenvalue weighted by atomic mass is 35.5. The van der Waals surface area contributed by atoms with Gasteiger partial charge in [0.1, 0.15) is 0 Å². The summed E-state index contributed by atoms with van der Waals surface area (Å²) >= 11 is 6.06. The van der Waals surface area contributed by atoms with Gasteiger partial charge < -0.3 is 0 Å². The van der Waals surface area contributed by atoms with Crippen LogP contribution in [0.5, 0.6) is 0 Å². The topological polar surface area (TPSA) is 0 Å². The molecule has 0 unspecified atom stereocenters. The maximum Gasteiger partial charge on any atom is 0.0412 e. The van der Waals surface area contributed by atoms with E-state index in [2.05, 4.69) is 54.6 Å². The van der Waals surface area contributed by atoms with Crippen molar-refractivity contribution in [3.63, 3.8) is 0 Å². The van der Waals surface area contributed by atoms with E-state index in [1.807, 2.05) is 12.1 Å². The zero-order chi connectivity index (χ0) is 12.8. The molecule has 0 aliphatic heterocycles. The van der Waals surface area contributed by atoms with Crippen molar-refractivity contribution < 1.29 is 0 Å². The minimum Gasteiger partial charge on any atom is -0.0843 e. The van der Waals surface area contributed by atoms with E-state index in [-0.39, 0.29) is 0 Å². The maximum absolute atomic E-state index is 6.06. The molecule has 0 nitrogen and oxygen atoms in total. The molecular weight excluding hydrogens is 252 g/mol. The van der Waals surface area contributed by atoms with Crippen LogP contribution in [0.25, 0.3) is 32.3 Å². The molecule has 0 fully saturated rings. The lowest BCUT2D eigenvalue weighted by molar-refractivity contribution is 1.77. The van der Waals surface area contributed by atoms with Gasteiger partial charge in [0, 0.05) is 5.02 Å². The van der Waals surface area contributed by atoms with Crippen LogP contribution in [-0.2, 0) is 0 Å². The van der Waals surface area contributed by atoms with Gasteiger partial charge in [-0.05, 0) is 44.5 Å². The predicted octanol–water partition coefficient (Wildman–Crippen LogP) is 5.80. The summed E-state index contributed by atoms with van der Waals surface area (Å²) in [6.45, 7) is 0. The van der Waals surface area contributed by atoms with Crippen LogP contribution in [0.3, 0.4) is 0 Å². The Bertz CT molecular complexity index is 922. The SMILES string of the molecule is Clc1ccc2c(ccc3c4ccccc4ccc23)c1. The van der Waals surface area contributed by atoms with Gasteiger partial charge in [-0.2, -0.15) is 0 Å². The lowest BCUT2D eigenvalue weighted by Gasteiger charge is -2.07. The molecule has 0 bridgehead atoms. The van der Waals surface area contributed by atoms with Gasteiger partial charge in [-0.15, -0.1) is 0 Å². The first kappa shape index (κ1) is 10.8. The van der Waals surface area contributed by atoms with Crippen molar-refractivity contribution >= 4 is 43.9 Å². The summed E-state index contributed by atoms with van der Waals surface area (Å²) in [5.41, 5.74) is 0. The van der Waals surface area contributed by atoms with Crippen LogP contribution < -0.4 is 0 Å². The molecule has 0 atom stereocenters. The highest BCUT2D eigenvalue weighted by Gasteiger charge is 2.04. The lowest BCUT2D eigenvalue weighted by Crippen LogP contribution is -1.80. The molecule has 0 aliphatic carbocycles. The molecule has 0 spiro atoms. The second-order valence-electron chi connectivity index (χ2n) is 4.81. The second-order valence-corrected chi connectivity index (χ2v) is 5.25. The molecule has 0 amide bonds. The number of hydrogen-bond acceptors (Lipinski definition) is 0. The zero-order valence-electron chi connectivity index (χ0n) is 10.2. The van der Waals surface area contributed by atoms with Crippen molar-refractivity contribution in [1.29, 1.82) is 0 Å². The first-order valence-electron chi connectivity index (χ1n) is 6.33. The maximum atomic E-state index is 6.06. The van der Waals surface area contributed by atoms with E-state index in [1.54, 1.807) is 0 Å². The van der Waals surface area contributed by atoms with Gasteiger partial charge in [0.05, 0.1) is 0 Å². The van der Waals surface area contributed by atoms with Crippen molar-refractivity contribution in [2.45, 2.75) is 0 Å². The van der Waals surface area contributed by atoms with Gasteiger partial charge in [0.2, 0.25) is 0 Å². The Morgan fingerprint density at radius 3 is 2.00 bits per heavy atom. The number of halogens is 1. The van der Waals surface area contributed by atoms with Gasteiger partial charge in [0.15, 0.2) is 0 Å². The normalized spacial score (nSPS) is 11.4. The molecule has 0 saturated carbocycles. The Labute approximate surface area is 116 Å². The van der Waals surface area contributed by atoms with Crippen LogP contribution in [0, 0.1) is 0 Å². The predicted molar refractivity (Wildman–Crippen MR) is 84.0 cm³/mol. The van der Waals surface area contributed by atoms with E-state index in [4.69, 9.17) is 11.6 Å². The average Bonchev–Trinajstić information content (AvgIpc) is 2.46. The van der Waals surface area contributed by atoms with Crippen molar-refractivity contribution in [2.24, 2.45) is 0 Å². The Morgan fingerprint density at radius 1 is 0.526 bits per heavy atom. The molecule has 4 aromatic rings.